The fraction of sp³-hybridized carbons (Fsp3) is 0.414. The molecule has 4 rings (SSSR count). The SMILES string of the molecule is CC.CC.CC(C)OC(=O)C1=CNCC(C)(C)c2c1[nH]c1cc(OCc3ccccc3)ccc21. The van der Waals surface area contributed by atoms with Crippen molar-refractivity contribution in [2.45, 2.75) is 73.5 Å². The van der Waals surface area contributed by atoms with Crippen LogP contribution in [0.2, 0.25) is 0 Å². The lowest BCUT2D eigenvalue weighted by atomic mass is 9.82. The highest BCUT2D eigenvalue weighted by Crippen LogP contribution is 2.39. The lowest BCUT2D eigenvalue weighted by Gasteiger charge is -2.24. The van der Waals surface area contributed by atoms with Gasteiger partial charge in [-0.05, 0) is 37.1 Å². The molecule has 2 aromatic carbocycles. The van der Waals surface area contributed by atoms with Gasteiger partial charge in [0.25, 0.3) is 0 Å². The number of aromatic nitrogens is 1. The third-order valence-corrected chi connectivity index (χ3v) is 5.32. The summed E-state index contributed by atoms with van der Waals surface area (Å²) in [6, 6.07) is 16.2. The molecule has 0 atom stereocenters. The molecular weight excluding hydrogens is 424 g/mol. The van der Waals surface area contributed by atoms with Crippen molar-refractivity contribution in [1.82, 2.24) is 10.3 Å². The van der Waals surface area contributed by atoms with Gasteiger partial charge in [0.1, 0.15) is 12.4 Å². The minimum absolute atomic E-state index is 0.170. The Balaban J connectivity index is 0.000000970. The largest absolute Gasteiger partial charge is 0.489 e. The van der Waals surface area contributed by atoms with Crippen LogP contribution in [-0.4, -0.2) is 23.6 Å². The zero-order valence-corrected chi connectivity index (χ0v) is 21.9. The topological polar surface area (TPSA) is 63.3 Å². The summed E-state index contributed by atoms with van der Waals surface area (Å²) in [5.74, 6) is 0.456. The molecule has 1 aliphatic heterocycles. The predicted molar refractivity (Wildman–Crippen MR) is 142 cm³/mol. The smallest absolute Gasteiger partial charge is 0.342 e. The number of hydrogen-bond donors (Lipinski definition) is 2. The summed E-state index contributed by atoms with van der Waals surface area (Å²) in [5, 5.41) is 4.37. The van der Waals surface area contributed by atoms with Crippen LogP contribution in [0.1, 0.15) is 72.2 Å². The van der Waals surface area contributed by atoms with Crippen LogP contribution in [0.3, 0.4) is 0 Å². The molecule has 0 amide bonds. The van der Waals surface area contributed by atoms with Crippen molar-refractivity contribution in [3.8, 4) is 5.75 Å². The van der Waals surface area contributed by atoms with E-state index < -0.39 is 0 Å². The number of nitrogens with one attached hydrogen (secondary N) is 2. The maximum absolute atomic E-state index is 12.8. The van der Waals surface area contributed by atoms with Gasteiger partial charge in [0.15, 0.2) is 0 Å². The zero-order chi connectivity index (χ0) is 25.3. The fourth-order valence-electron chi connectivity index (χ4n) is 3.92. The number of aromatic amines is 1. The minimum atomic E-state index is -0.330. The number of hydrogen-bond acceptors (Lipinski definition) is 4. The number of carbonyl (C=O) groups is 1. The monoisotopic (exact) mass is 464 g/mol. The Morgan fingerprint density at radius 3 is 2.35 bits per heavy atom. The second-order valence-electron chi connectivity index (χ2n) is 8.63. The second-order valence-corrected chi connectivity index (χ2v) is 8.63. The summed E-state index contributed by atoms with van der Waals surface area (Å²) < 4.78 is 11.5. The lowest BCUT2D eigenvalue weighted by Crippen LogP contribution is -2.29. The van der Waals surface area contributed by atoms with E-state index in [1.54, 1.807) is 6.20 Å². The first kappa shape index (κ1) is 27.0. The molecule has 184 valence electrons. The van der Waals surface area contributed by atoms with Crippen LogP contribution in [-0.2, 0) is 21.6 Å². The summed E-state index contributed by atoms with van der Waals surface area (Å²) >= 11 is 0. The first-order chi connectivity index (χ1) is 16.3. The van der Waals surface area contributed by atoms with E-state index in [1.807, 2.05) is 84.0 Å². The van der Waals surface area contributed by atoms with E-state index in [1.165, 1.54) is 0 Å². The van der Waals surface area contributed by atoms with Crippen LogP contribution < -0.4 is 10.1 Å². The Kier molecular flexibility index (Phi) is 9.79. The van der Waals surface area contributed by atoms with Gasteiger partial charge < -0.3 is 19.8 Å². The quantitative estimate of drug-likeness (QED) is 0.400. The van der Waals surface area contributed by atoms with Crippen molar-refractivity contribution in [3.63, 3.8) is 0 Å². The Morgan fingerprint density at radius 1 is 1.03 bits per heavy atom. The molecule has 2 N–H and O–H groups in total. The molecule has 2 heterocycles. The van der Waals surface area contributed by atoms with Gasteiger partial charge in [0.05, 0.1) is 17.4 Å². The van der Waals surface area contributed by atoms with Crippen molar-refractivity contribution in [3.05, 3.63) is 71.6 Å². The number of benzene rings is 2. The number of fused-ring (bicyclic) bond motifs is 3. The molecule has 5 heteroatoms. The Hall–Kier alpha value is -3.21. The first-order valence-corrected chi connectivity index (χ1v) is 12.3. The van der Waals surface area contributed by atoms with Crippen molar-refractivity contribution in [2.75, 3.05) is 6.54 Å². The molecule has 3 aromatic rings. The van der Waals surface area contributed by atoms with Crippen molar-refractivity contribution >= 4 is 22.4 Å². The second kappa shape index (κ2) is 12.3. The van der Waals surface area contributed by atoms with Crippen molar-refractivity contribution in [2.24, 2.45) is 0 Å². The molecule has 0 spiro atoms. The van der Waals surface area contributed by atoms with Crippen LogP contribution in [0.15, 0.2) is 54.7 Å². The maximum atomic E-state index is 12.8. The summed E-state index contributed by atoms with van der Waals surface area (Å²) in [4.78, 5) is 16.2. The first-order valence-electron chi connectivity index (χ1n) is 12.3. The van der Waals surface area contributed by atoms with Crippen molar-refractivity contribution in [1.29, 1.82) is 0 Å². The van der Waals surface area contributed by atoms with Gasteiger partial charge >= 0.3 is 5.97 Å². The van der Waals surface area contributed by atoms with Gasteiger partial charge in [0, 0.05) is 35.1 Å². The van der Waals surface area contributed by atoms with Crippen LogP contribution in [0.25, 0.3) is 16.5 Å². The summed E-state index contributed by atoms with van der Waals surface area (Å²) in [7, 11) is 0. The van der Waals surface area contributed by atoms with Crippen LogP contribution in [0, 0.1) is 0 Å². The maximum Gasteiger partial charge on any atom is 0.342 e. The highest BCUT2D eigenvalue weighted by Gasteiger charge is 2.33. The molecule has 0 fully saturated rings. The van der Waals surface area contributed by atoms with E-state index >= 15 is 0 Å². The van der Waals surface area contributed by atoms with Gasteiger partial charge in [-0.2, -0.15) is 0 Å². The molecule has 0 aliphatic carbocycles. The van der Waals surface area contributed by atoms with E-state index in [-0.39, 0.29) is 17.5 Å². The molecule has 34 heavy (non-hydrogen) atoms. The third kappa shape index (κ3) is 6.22. The van der Waals surface area contributed by atoms with Crippen molar-refractivity contribution < 1.29 is 14.3 Å². The summed E-state index contributed by atoms with van der Waals surface area (Å²) in [5.41, 5.74) is 4.34. The average molecular weight is 465 g/mol. The number of H-pyrrole nitrogens is 1. The van der Waals surface area contributed by atoms with Crippen LogP contribution in [0.4, 0.5) is 0 Å². The minimum Gasteiger partial charge on any atom is -0.489 e. The van der Waals surface area contributed by atoms with E-state index in [0.717, 1.165) is 40.0 Å². The van der Waals surface area contributed by atoms with E-state index in [9.17, 15) is 4.79 Å². The number of rotatable bonds is 5. The van der Waals surface area contributed by atoms with Gasteiger partial charge in [0.2, 0.25) is 0 Å². The number of esters is 1. The summed E-state index contributed by atoms with van der Waals surface area (Å²) in [6.07, 6.45) is 1.58. The zero-order valence-electron chi connectivity index (χ0n) is 21.9. The molecule has 5 nitrogen and oxygen atoms in total. The van der Waals surface area contributed by atoms with E-state index in [0.29, 0.717) is 12.2 Å². The van der Waals surface area contributed by atoms with Gasteiger partial charge in [-0.3, -0.25) is 0 Å². The van der Waals surface area contributed by atoms with Gasteiger partial charge in [-0.15, -0.1) is 0 Å². The van der Waals surface area contributed by atoms with Crippen LogP contribution in [0.5, 0.6) is 5.75 Å². The Labute approximate surface area is 204 Å². The highest BCUT2D eigenvalue weighted by atomic mass is 16.5. The Bertz CT molecular complexity index is 1100. The molecule has 0 saturated heterocycles. The predicted octanol–water partition coefficient (Wildman–Crippen LogP) is 6.97. The fourth-order valence-corrected chi connectivity index (χ4v) is 3.92. The molecule has 0 bridgehead atoms. The van der Waals surface area contributed by atoms with Crippen LogP contribution >= 0.6 is 0 Å². The molecule has 0 saturated carbocycles. The molecule has 0 unspecified atom stereocenters. The highest BCUT2D eigenvalue weighted by molar-refractivity contribution is 6.18. The van der Waals surface area contributed by atoms with Gasteiger partial charge in [-0.1, -0.05) is 71.9 Å². The summed E-state index contributed by atoms with van der Waals surface area (Å²) in [6.45, 7) is 17.3. The van der Waals surface area contributed by atoms with E-state index in [4.69, 9.17) is 9.47 Å². The average Bonchev–Trinajstić information content (AvgIpc) is 3.16. The molecular formula is C29H40N2O3. The van der Waals surface area contributed by atoms with E-state index in [2.05, 4.69) is 30.2 Å². The number of carbonyl (C=O) groups excluding carboxylic acids is 1. The van der Waals surface area contributed by atoms with Gasteiger partial charge in [-0.25, -0.2) is 4.79 Å². The normalized spacial score (nSPS) is 13.7. The Morgan fingerprint density at radius 2 is 1.71 bits per heavy atom. The molecule has 1 aromatic heterocycles. The molecule has 0 radical (unpaired) electrons. The standard InChI is InChI=1S/C25H28N2O3.2C2H6/c1-16(2)30-24(28)20-13-26-15-25(3,4)22-19-11-10-18(12-21(19)27-23(20)22)29-14-17-8-6-5-7-9-17;2*1-2/h5-13,16,26-27H,14-15H2,1-4H3;2*1-2H3. The third-order valence-electron chi connectivity index (χ3n) is 5.32. The lowest BCUT2D eigenvalue weighted by molar-refractivity contribution is -0.140. The molecule has 1 aliphatic rings. The number of ether oxygens (including phenoxy) is 2.